The maximum absolute atomic E-state index is 12.1. The Morgan fingerprint density at radius 3 is 2.39 bits per heavy atom. The van der Waals surface area contributed by atoms with Crippen molar-refractivity contribution in [3.63, 3.8) is 0 Å². The van der Waals surface area contributed by atoms with Crippen molar-refractivity contribution in [2.24, 2.45) is 0 Å². The molecular weight excluding hydrogens is 254 g/mol. The predicted octanol–water partition coefficient (Wildman–Crippen LogP) is 0.0724. The van der Waals surface area contributed by atoms with Crippen molar-refractivity contribution in [3.05, 3.63) is 30.1 Å². The van der Waals surface area contributed by atoms with Crippen LogP contribution in [-0.4, -0.2) is 54.4 Å². The minimum Gasteiger partial charge on any atom is -0.396 e. The molecular formula is C11H19N3O3S. The molecule has 0 aromatic carbocycles. The average molecular weight is 273 g/mol. The third kappa shape index (κ3) is 4.02. The molecule has 1 N–H and O–H groups in total. The summed E-state index contributed by atoms with van der Waals surface area (Å²) in [6.45, 7) is 0.585. The van der Waals surface area contributed by atoms with E-state index in [0.717, 1.165) is 5.56 Å². The lowest BCUT2D eigenvalue weighted by Gasteiger charge is -2.24. The van der Waals surface area contributed by atoms with Gasteiger partial charge in [0.05, 0.1) is 0 Å². The molecule has 6 nitrogen and oxygen atoms in total. The van der Waals surface area contributed by atoms with Gasteiger partial charge in [-0.2, -0.15) is 17.0 Å². The highest BCUT2D eigenvalue weighted by atomic mass is 32.2. The summed E-state index contributed by atoms with van der Waals surface area (Å²) in [6, 6.07) is 3.56. The smallest absolute Gasteiger partial charge is 0.281 e. The van der Waals surface area contributed by atoms with Gasteiger partial charge in [0.1, 0.15) is 0 Å². The molecule has 0 radical (unpaired) electrons. The topological polar surface area (TPSA) is 73.7 Å². The maximum atomic E-state index is 12.1. The monoisotopic (exact) mass is 273 g/mol. The van der Waals surface area contributed by atoms with E-state index < -0.39 is 10.2 Å². The normalized spacial score (nSPS) is 12.3. The Kier molecular flexibility index (Phi) is 5.67. The van der Waals surface area contributed by atoms with Gasteiger partial charge in [-0.1, -0.05) is 0 Å². The minimum absolute atomic E-state index is 0.0199. The van der Waals surface area contributed by atoms with Gasteiger partial charge in [0.2, 0.25) is 0 Å². The molecule has 0 amide bonds. The molecule has 0 aliphatic rings. The summed E-state index contributed by atoms with van der Waals surface area (Å²) in [4.78, 5) is 3.88. The van der Waals surface area contributed by atoms with Crippen LogP contribution in [0.5, 0.6) is 0 Å². The molecule has 102 valence electrons. The van der Waals surface area contributed by atoms with E-state index in [-0.39, 0.29) is 6.61 Å². The van der Waals surface area contributed by atoms with E-state index in [2.05, 4.69) is 4.98 Å². The molecule has 0 spiro atoms. The Morgan fingerprint density at radius 2 is 1.83 bits per heavy atom. The zero-order chi connectivity index (χ0) is 13.6. The molecule has 1 heterocycles. The molecule has 0 fully saturated rings. The highest BCUT2D eigenvalue weighted by Crippen LogP contribution is 2.09. The van der Waals surface area contributed by atoms with Gasteiger partial charge in [0.25, 0.3) is 10.2 Å². The Hall–Kier alpha value is -1.02. The van der Waals surface area contributed by atoms with E-state index >= 15 is 0 Å². The van der Waals surface area contributed by atoms with Crippen LogP contribution in [0.2, 0.25) is 0 Å². The molecule has 0 unspecified atom stereocenters. The van der Waals surface area contributed by atoms with Crippen molar-refractivity contribution in [1.29, 1.82) is 0 Å². The van der Waals surface area contributed by atoms with Gasteiger partial charge in [-0.3, -0.25) is 4.98 Å². The van der Waals surface area contributed by atoms with Crippen LogP contribution in [0.4, 0.5) is 0 Å². The van der Waals surface area contributed by atoms with Crippen LogP contribution >= 0.6 is 0 Å². The van der Waals surface area contributed by atoms with Crippen LogP contribution in [-0.2, 0) is 16.8 Å². The highest BCUT2D eigenvalue weighted by molar-refractivity contribution is 7.86. The van der Waals surface area contributed by atoms with E-state index in [4.69, 9.17) is 5.11 Å². The number of hydrogen-bond acceptors (Lipinski definition) is 4. The molecule has 1 rings (SSSR count). The Bertz CT molecular complexity index is 450. The third-order valence-corrected chi connectivity index (χ3v) is 4.46. The summed E-state index contributed by atoms with van der Waals surface area (Å²) >= 11 is 0. The first-order valence-electron chi connectivity index (χ1n) is 5.66. The second kappa shape index (κ2) is 6.79. The number of aromatic nitrogens is 1. The fourth-order valence-electron chi connectivity index (χ4n) is 1.47. The van der Waals surface area contributed by atoms with Crippen molar-refractivity contribution < 1.29 is 13.5 Å². The zero-order valence-electron chi connectivity index (χ0n) is 10.7. The van der Waals surface area contributed by atoms with Gasteiger partial charge in [-0.25, -0.2) is 0 Å². The summed E-state index contributed by atoms with van der Waals surface area (Å²) in [5.41, 5.74) is 0.881. The molecule has 0 saturated heterocycles. The Balaban J connectivity index is 2.67. The molecule has 1 aromatic heterocycles. The van der Waals surface area contributed by atoms with Gasteiger partial charge in [-0.05, 0) is 24.1 Å². The number of aliphatic hydroxyl groups is 1. The number of nitrogens with zero attached hydrogens (tertiary/aromatic N) is 3. The second-order valence-corrected chi connectivity index (χ2v) is 6.16. The fraction of sp³-hybridized carbons (Fsp3) is 0.545. The van der Waals surface area contributed by atoms with Gasteiger partial charge in [-0.15, -0.1) is 0 Å². The first-order valence-corrected chi connectivity index (χ1v) is 7.05. The van der Waals surface area contributed by atoms with Crippen LogP contribution in [0.1, 0.15) is 12.0 Å². The Morgan fingerprint density at radius 1 is 1.22 bits per heavy atom. The summed E-state index contributed by atoms with van der Waals surface area (Å²) in [5, 5.41) is 8.71. The fourth-order valence-corrected chi connectivity index (χ4v) is 2.62. The lowest BCUT2D eigenvalue weighted by molar-refractivity contribution is 0.272. The van der Waals surface area contributed by atoms with Gasteiger partial charge in [0, 0.05) is 46.2 Å². The van der Waals surface area contributed by atoms with Crippen LogP contribution in [0, 0.1) is 0 Å². The lowest BCUT2D eigenvalue weighted by atomic mass is 10.3. The maximum Gasteiger partial charge on any atom is 0.281 e. The second-order valence-electron chi connectivity index (χ2n) is 4.02. The molecule has 0 aliphatic carbocycles. The largest absolute Gasteiger partial charge is 0.396 e. The SMILES string of the molecule is CN(CCCO)S(=O)(=O)N(C)Cc1ccncc1. The first kappa shape index (κ1) is 15.0. The summed E-state index contributed by atoms with van der Waals surface area (Å²) in [7, 11) is -0.433. The van der Waals surface area contributed by atoms with E-state index in [1.165, 1.54) is 22.7 Å². The number of aliphatic hydroxyl groups excluding tert-OH is 1. The van der Waals surface area contributed by atoms with E-state index in [1.807, 2.05) is 0 Å². The van der Waals surface area contributed by atoms with Gasteiger partial charge < -0.3 is 5.11 Å². The van der Waals surface area contributed by atoms with Crippen molar-refractivity contribution in [1.82, 2.24) is 13.6 Å². The van der Waals surface area contributed by atoms with Gasteiger partial charge in [0.15, 0.2) is 0 Å². The summed E-state index contributed by atoms with van der Waals surface area (Å²) in [5.74, 6) is 0. The first-order chi connectivity index (χ1) is 8.48. The standard InChI is InChI=1S/C11H19N3O3S/c1-13(8-3-9-15)18(16,17)14(2)10-11-4-6-12-7-5-11/h4-7,15H,3,8-10H2,1-2H3. The molecule has 0 bridgehead atoms. The van der Waals surface area contributed by atoms with Crippen molar-refractivity contribution >= 4 is 10.2 Å². The van der Waals surface area contributed by atoms with Crippen LogP contribution < -0.4 is 0 Å². The number of rotatable bonds is 7. The van der Waals surface area contributed by atoms with E-state index in [1.54, 1.807) is 24.5 Å². The number of hydrogen-bond donors (Lipinski definition) is 1. The molecule has 7 heteroatoms. The van der Waals surface area contributed by atoms with Crippen molar-refractivity contribution in [2.45, 2.75) is 13.0 Å². The predicted molar refractivity (Wildman–Crippen MR) is 69.0 cm³/mol. The summed E-state index contributed by atoms with van der Waals surface area (Å²) < 4.78 is 26.7. The lowest BCUT2D eigenvalue weighted by Crippen LogP contribution is -2.39. The molecule has 18 heavy (non-hydrogen) atoms. The molecule has 0 saturated carbocycles. The van der Waals surface area contributed by atoms with Gasteiger partial charge >= 0.3 is 0 Å². The summed E-state index contributed by atoms with van der Waals surface area (Å²) in [6.07, 6.45) is 3.69. The average Bonchev–Trinajstić information content (AvgIpc) is 2.36. The van der Waals surface area contributed by atoms with Crippen LogP contribution in [0.15, 0.2) is 24.5 Å². The molecule has 0 atom stereocenters. The minimum atomic E-state index is -3.47. The van der Waals surface area contributed by atoms with Crippen LogP contribution in [0.3, 0.4) is 0 Å². The highest BCUT2D eigenvalue weighted by Gasteiger charge is 2.23. The van der Waals surface area contributed by atoms with Crippen LogP contribution in [0.25, 0.3) is 0 Å². The van der Waals surface area contributed by atoms with E-state index in [9.17, 15) is 8.42 Å². The van der Waals surface area contributed by atoms with E-state index in [0.29, 0.717) is 19.5 Å². The van der Waals surface area contributed by atoms with Crippen molar-refractivity contribution in [2.75, 3.05) is 27.2 Å². The zero-order valence-corrected chi connectivity index (χ0v) is 11.5. The number of pyridine rings is 1. The Labute approximate surface area is 108 Å². The molecule has 1 aromatic rings. The van der Waals surface area contributed by atoms with Crippen molar-refractivity contribution in [3.8, 4) is 0 Å². The quantitative estimate of drug-likeness (QED) is 0.763. The molecule has 0 aliphatic heterocycles. The third-order valence-electron chi connectivity index (χ3n) is 2.57.